The molecule has 0 bridgehead atoms. The third kappa shape index (κ3) is 3.58. The van der Waals surface area contributed by atoms with Crippen LogP contribution in [0.1, 0.15) is 18.7 Å². The van der Waals surface area contributed by atoms with Crippen LogP contribution >= 0.6 is 11.6 Å². The van der Waals surface area contributed by atoms with Crippen molar-refractivity contribution >= 4 is 29.0 Å². The van der Waals surface area contributed by atoms with Gasteiger partial charge in [-0.3, -0.25) is 0 Å². The summed E-state index contributed by atoms with van der Waals surface area (Å²) in [6.07, 6.45) is 5.44. The molecule has 0 spiro atoms. The number of halogens is 1. The number of imidazole rings is 1. The van der Waals surface area contributed by atoms with Gasteiger partial charge in [0.05, 0.1) is 11.4 Å². The minimum absolute atomic E-state index is 0.316. The maximum absolute atomic E-state index is 12.4. The summed E-state index contributed by atoms with van der Waals surface area (Å²) in [4.78, 5) is 17.1. The van der Waals surface area contributed by atoms with Crippen LogP contribution in [0.5, 0.6) is 0 Å². The van der Waals surface area contributed by atoms with Crippen LogP contribution in [0.15, 0.2) is 54.7 Å². The number of aromatic nitrogens is 2. The van der Waals surface area contributed by atoms with Crippen LogP contribution in [0.4, 0.5) is 16.2 Å². The number of carbonyl (C=O) groups is 1. The van der Waals surface area contributed by atoms with E-state index in [9.17, 15) is 4.79 Å². The Morgan fingerprint density at radius 2 is 1.96 bits per heavy atom. The fourth-order valence-electron chi connectivity index (χ4n) is 3.21. The number of hydrogen-bond donors (Lipinski definition) is 2. The van der Waals surface area contributed by atoms with Gasteiger partial charge >= 0.3 is 6.03 Å². The van der Waals surface area contributed by atoms with E-state index in [0.29, 0.717) is 10.7 Å². The minimum Gasteiger partial charge on any atom is -0.334 e. The second-order valence-electron chi connectivity index (χ2n) is 6.33. The molecule has 0 fully saturated rings. The minimum atomic E-state index is -0.316. The molecule has 2 amide bonds. The predicted molar refractivity (Wildman–Crippen MR) is 105 cm³/mol. The highest BCUT2D eigenvalue weighted by Crippen LogP contribution is 2.29. The van der Waals surface area contributed by atoms with Crippen LogP contribution < -0.4 is 10.6 Å². The molecule has 0 radical (unpaired) electrons. The first kappa shape index (κ1) is 16.7. The first-order valence-corrected chi connectivity index (χ1v) is 9.06. The van der Waals surface area contributed by atoms with Crippen molar-refractivity contribution in [1.29, 1.82) is 0 Å². The van der Waals surface area contributed by atoms with Crippen molar-refractivity contribution in [2.75, 3.05) is 10.6 Å². The monoisotopic (exact) mass is 366 g/mol. The van der Waals surface area contributed by atoms with Crippen LogP contribution in [0, 0.1) is 0 Å². The molecule has 2 aromatic carbocycles. The number of amides is 2. The number of para-hydroxylation sites is 1. The van der Waals surface area contributed by atoms with Crippen molar-refractivity contribution in [3.8, 4) is 11.3 Å². The number of benzene rings is 2. The molecule has 1 aliphatic rings. The lowest BCUT2D eigenvalue weighted by atomic mass is 10.1. The Morgan fingerprint density at radius 1 is 1.08 bits per heavy atom. The number of hydrogen-bond acceptors (Lipinski definition) is 2. The summed E-state index contributed by atoms with van der Waals surface area (Å²) < 4.78 is 2.21. The second kappa shape index (κ2) is 7.22. The maximum atomic E-state index is 12.4. The highest BCUT2D eigenvalue weighted by molar-refractivity contribution is 6.30. The Morgan fingerprint density at radius 3 is 2.81 bits per heavy atom. The van der Waals surface area contributed by atoms with Gasteiger partial charge in [-0.15, -0.1) is 0 Å². The van der Waals surface area contributed by atoms with Gasteiger partial charge in [-0.1, -0.05) is 35.9 Å². The average Bonchev–Trinajstić information content (AvgIpc) is 3.06. The first-order chi connectivity index (χ1) is 12.7. The van der Waals surface area contributed by atoms with Crippen molar-refractivity contribution in [1.82, 2.24) is 9.55 Å². The number of nitrogens with zero attached hydrogens (tertiary/aromatic N) is 2. The fraction of sp³-hybridized carbons (Fsp3) is 0.200. The van der Waals surface area contributed by atoms with E-state index in [1.807, 2.05) is 24.3 Å². The number of aryl methyl sites for hydroxylation is 2. The van der Waals surface area contributed by atoms with Gasteiger partial charge < -0.3 is 15.2 Å². The molecule has 2 heterocycles. The van der Waals surface area contributed by atoms with E-state index in [4.69, 9.17) is 16.6 Å². The van der Waals surface area contributed by atoms with Crippen molar-refractivity contribution in [3.05, 3.63) is 65.6 Å². The molecule has 2 N–H and O–H groups in total. The molecule has 26 heavy (non-hydrogen) atoms. The Bertz CT molecular complexity index is 927. The lowest BCUT2D eigenvalue weighted by Gasteiger charge is -2.11. The zero-order valence-electron chi connectivity index (χ0n) is 14.2. The van der Waals surface area contributed by atoms with Gasteiger partial charge in [-0.05, 0) is 37.1 Å². The molecule has 1 aliphatic heterocycles. The van der Waals surface area contributed by atoms with Crippen LogP contribution in [-0.2, 0) is 13.0 Å². The summed E-state index contributed by atoms with van der Waals surface area (Å²) in [5, 5.41) is 6.29. The second-order valence-corrected chi connectivity index (χ2v) is 6.76. The van der Waals surface area contributed by atoms with E-state index in [0.717, 1.165) is 35.7 Å². The molecular weight excluding hydrogens is 348 g/mol. The molecular formula is C20H19ClN4O. The molecule has 3 aromatic rings. The topological polar surface area (TPSA) is 59.0 Å². The smallest absolute Gasteiger partial charge is 0.323 e. The molecule has 0 aliphatic carbocycles. The molecule has 4 rings (SSSR count). The van der Waals surface area contributed by atoms with Gasteiger partial charge in [-0.25, -0.2) is 9.78 Å². The molecule has 0 atom stereocenters. The Kier molecular flexibility index (Phi) is 4.63. The summed E-state index contributed by atoms with van der Waals surface area (Å²) in [5.74, 6) is 1.12. The fourth-order valence-corrected chi connectivity index (χ4v) is 3.40. The highest BCUT2D eigenvalue weighted by Gasteiger charge is 2.16. The quantitative estimate of drug-likeness (QED) is 0.670. The molecule has 0 unspecified atom stereocenters. The summed E-state index contributed by atoms with van der Waals surface area (Å²) in [6, 6.07) is 14.4. The molecule has 6 heteroatoms. The number of nitrogens with one attached hydrogen (secondary N) is 2. The number of carbonyl (C=O) groups excluding carboxylic acids is 1. The lowest BCUT2D eigenvalue weighted by Crippen LogP contribution is -2.19. The summed E-state index contributed by atoms with van der Waals surface area (Å²) in [5.41, 5.74) is 3.17. The van der Waals surface area contributed by atoms with Gasteiger partial charge in [0, 0.05) is 35.4 Å². The third-order valence-corrected chi connectivity index (χ3v) is 4.68. The van der Waals surface area contributed by atoms with Crippen molar-refractivity contribution < 1.29 is 4.79 Å². The summed E-state index contributed by atoms with van der Waals surface area (Å²) in [7, 11) is 0. The lowest BCUT2D eigenvalue weighted by molar-refractivity contribution is 0.262. The van der Waals surface area contributed by atoms with Crippen molar-refractivity contribution in [3.63, 3.8) is 0 Å². The Hall–Kier alpha value is -2.79. The van der Waals surface area contributed by atoms with Gasteiger partial charge in [0.15, 0.2) is 0 Å². The number of anilines is 2. The van der Waals surface area contributed by atoms with Gasteiger partial charge in [0.1, 0.15) is 5.82 Å². The van der Waals surface area contributed by atoms with Crippen LogP contribution in [0.3, 0.4) is 0 Å². The standard InChI is InChI=1S/C20H19ClN4O/c21-14-6-5-7-15(12-14)22-20(26)24-17-9-2-1-8-16(17)18-13-25-11-4-3-10-19(25)23-18/h1-2,5-9,12-13H,3-4,10-11H2,(H2,22,24,26). The van der Waals surface area contributed by atoms with E-state index in [-0.39, 0.29) is 6.03 Å². The SMILES string of the molecule is O=C(Nc1cccc(Cl)c1)Nc1ccccc1-c1cn2c(n1)CCCC2. The van der Waals surface area contributed by atoms with E-state index >= 15 is 0 Å². The van der Waals surface area contributed by atoms with Crippen molar-refractivity contribution in [2.24, 2.45) is 0 Å². The van der Waals surface area contributed by atoms with Crippen LogP contribution in [0.2, 0.25) is 5.02 Å². The third-order valence-electron chi connectivity index (χ3n) is 4.44. The zero-order chi connectivity index (χ0) is 17.9. The van der Waals surface area contributed by atoms with Crippen LogP contribution in [-0.4, -0.2) is 15.6 Å². The first-order valence-electron chi connectivity index (χ1n) is 8.68. The molecule has 0 saturated heterocycles. The van der Waals surface area contributed by atoms with E-state index in [1.165, 1.54) is 12.8 Å². The summed E-state index contributed by atoms with van der Waals surface area (Å²) >= 11 is 5.96. The number of rotatable bonds is 3. The molecule has 132 valence electrons. The highest BCUT2D eigenvalue weighted by atomic mass is 35.5. The van der Waals surface area contributed by atoms with E-state index in [1.54, 1.807) is 24.3 Å². The van der Waals surface area contributed by atoms with Gasteiger partial charge in [-0.2, -0.15) is 0 Å². The van der Waals surface area contributed by atoms with E-state index in [2.05, 4.69) is 21.4 Å². The normalized spacial score (nSPS) is 13.1. The molecule has 0 saturated carbocycles. The van der Waals surface area contributed by atoms with E-state index < -0.39 is 0 Å². The predicted octanol–water partition coefficient (Wildman–Crippen LogP) is 5.18. The maximum Gasteiger partial charge on any atom is 0.323 e. The van der Waals surface area contributed by atoms with Gasteiger partial charge in [0.25, 0.3) is 0 Å². The summed E-state index contributed by atoms with van der Waals surface area (Å²) in [6.45, 7) is 1.01. The number of urea groups is 1. The Balaban J connectivity index is 1.56. The average molecular weight is 367 g/mol. The zero-order valence-corrected chi connectivity index (χ0v) is 15.0. The van der Waals surface area contributed by atoms with Gasteiger partial charge in [0.2, 0.25) is 0 Å². The number of fused-ring (bicyclic) bond motifs is 1. The molecule has 1 aromatic heterocycles. The van der Waals surface area contributed by atoms with Crippen LogP contribution in [0.25, 0.3) is 11.3 Å². The Labute approximate surface area is 157 Å². The largest absolute Gasteiger partial charge is 0.334 e. The molecule has 5 nitrogen and oxygen atoms in total. The van der Waals surface area contributed by atoms with Crippen molar-refractivity contribution in [2.45, 2.75) is 25.8 Å².